The molecule has 150 valence electrons. The van der Waals surface area contributed by atoms with Gasteiger partial charge in [0, 0.05) is 29.9 Å². The monoisotopic (exact) mass is 416 g/mol. The molecule has 0 bridgehead atoms. The second kappa shape index (κ2) is 9.70. The molecule has 0 aliphatic rings. The zero-order valence-electron chi connectivity index (χ0n) is 15.5. The average Bonchev–Trinajstić information content (AvgIpc) is 3.22. The molecule has 0 atom stereocenters. The molecule has 9 heteroatoms. The third-order valence-electron chi connectivity index (χ3n) is 3.95. The summed E-state index contributed by atoms with van der Waals surface area (Å²) in [5.74, 6) is -0.105. The number of nitrogens with one attached hydrogen (secondary N) is 1. The van der Waals surface area contributed by atoms with Gasteiger partial charge in [-0.25, -0.2) is 9.07 Å². The molecule has 3 aromatic rings. The number of hydrogen-bond donors (Lipinski definition) is 1. The first-order valence-electron chi connectivity index (χ1n) is 8.63. The van der Waals surface area contributed by atoms with E-state index in [1.165, 1.54) is 7.05 Å². The Balaban J connectivity index is 1.78. The molecule has 0 radical (unpaired) electrons. The van der Waals surface area contributed by atoms with E-state index in [0.29, 0.717) is 22.0 Å². The van der Waals surface area contributed by atoms with Crippen molar-refractivity contribution in [3.8, 4) is 11.6 Å². The minimum Gasteiger partial charge on any atom is -0.472 e. The van der Waals surface area contributed by atoms with Gasteiger partial charge in [-0.2, -0.15) is 0 Å². The Labute approximate surface area is 171 Å². The van der Waals surface area contributed by atoms with E-state index in [2.05, 4.69) is 20.4 Å². The molecule has 0 saturated heterocycles. The van der Waals surface area contributed by atoms with Crippen LogP contribution in [0.3, 0.4) is 0 Å². The number of oxime groups is 1. The second-order valence-corrected chi connectivity index (χ2v) is 6.21. The molecule has 0 saturated carbocycles. The van der Waals surface area contributed by atoms with E-state index in [-0.39, 0.29) is 12.3 Å². The molecule has 1 N–H and O–H groups in total. The Kier molecular flexibility index (Phi) is 6.80. The van der Waals surface area contributed by atoms with E-state index in [0.717, 1.165) is 5.69 Å². The lowest BCUT2D eigenvalue weighted by molar-refractivity contribution is -0.114. The number of rotatable bonds is 8. The van der Waals surface area contributed by atoms with Gasteiger partial charge in [0.15, 0.2) is 5.71 Å². The van der Waals surface area contributed by atoms with Crippen LogP contribution in [-0.2, 0) is 16.2 Å². The van der Waals surface area contributed by atoms with Crippen molar-refractivity contribution in [2.75, 3.05) is 13.9 Å². The van der Waals surface area contributed by atoms with Crippen molar-refractivity contribution >= 4 is 23.2 Å². The van der Waals surface area contributed by atoms with Crippen LogP contribution in [0, 0.1) is 0 Å². The lowest BCUT2D eigenvalue weighted by Gasteiger charge is -2.11. The molecule has 0 fully saturated rings. The van der Waals surface area contributed by atoms with Crippen LogP contribution in [0.4, 0.5) is 4.39 Å². The van der Waals surface area contributed by atoms with Crippen LogP contribution in [0.1, 0.15) is 11.1 Å². The van der Waals surface area contributed by atoms with Gasteiger partial charge in [-0.1, -0.05) is 41.0 Å². The predicted octanol–water partition coefficient (Wildman–Crippen LogP) is 3.50. The topological polar surface area (TPSA) is 77.7 Å². The number of halogens is 2. The normalized spacial score (nSPS) is 11.2. The molecular weight excluding hydrogens is 399 g/mol. The quantitative estimate of drug-likeness (QED) is 0.450. The van der Waals surface area contributed by atoms with Crippen molar-refractivity contribution in [2.24, 2.45) is 5.16 Å². The van der Waals surface area contributed by atoms with Crippen molar-refractivity contribution in [1.82, 2.24) is 15.1 Å². The van der Waals surface area contributed by atoms with Gasteiger partial charge in [-0.05, 0) is 29.8 Å². The largest absolute Gasteiger partial charge is 0.472 e. The Morgan fingerprint density at radius 3 is 2.69 bits per heavy atom. The number of benzene rings is 2. The summed E-state index contributed by atoms with van der Waals surface area (Å²) < 4.78 is 19.8. The first kappa shape index (κ1) is 20.3. The van der Waals surface area contributed by atoms with Gasteiger partial charge >= 0.3 is 0 Å². The summed E-state index contributed by atoms with van der Waals surface area (Å²) in [5, 5.41) is 11.1. The van der Waals surface area contributed by atoms with Crippen LogP contribution in [-0.4, -0.2) is 35.3 Å². The smallest absolute Gasteiger partial charge is 0.273 e. The number of nitrogens with zero attached hydrogens (tertiary/aromatic N) is 3. The standard InChI is InChI=1S/C20H18ClFN4O3/c1-23-20(27)19(25-29-13-22)17-5-3-2-4-14(17)12-28-18-10-11-26(24-18)16-8-6-15(21)7-9-16/h2-11H,12-13H2,1H3,(H,23,27)/b25-19+. The molecule has 0 spiro atoms. The van der Waals surface area contributed by atoms with Crippen LogP contribution < -0.4 is 10.1 Å². The van der Waals surface area contributed by atoms with Crippen molar-refractivity contribution in [3.05, 3.63) is 76.9 Å². The van der Waals surface area contributed by atoms with Crippen molar-refractivity contribution in [3.63, 3.8) is 0 Å². The van der Waals surface area contributed by atoms with Gasteiger partial charge in [0.1, 0.15) is 6.61 Å². The first-order valence-corrected chi connectivity index (χ1v) is 9.01. The molecule has 1 aromatic heterocycles. The van der Waals surface area contributed by atoms with E-state index in [1.807, 2.05) is 12.1 Å². The lowest BCUT2D eigenvalue weighted by atomic mass is 10.0. The number of alkyl halides is 1. The number of carbonyl (C=O) groups is 1. The highest BCUT2D eigenvalue weighted by molar-refractivity contribution is 6.45. The molecule has 0 aliphatic heterocycles. The fourth-order valence-corrected chi connectivity index (χ4v) is 2.70. The number of carbonyl (C=O) groups excluding carboxylic acids is 1. The maximum Gasteiger partial charge on any atom is 0.273 e. The predicted molar refractivity (Wildman–Crippen MR) is 107 cm³/mol. The van der Waals surface area contributed by atoms with E-state index < -0.39 is 12.8 Å². The molecule has 1 heterocycles. The molecule has 2 aromatic carbocycles. The summed E-state index contributed by atoms with van der Waals surface area (Å²) in [6, 6.07) is 15.9. The van der Waals surface area contributed by atoms with Crippen LogP contribution in [0.2, 0.25) is 5.02 Å². The van der Waals surface area contributed by atoms with Gasteiger partial charge in [-0.15, -0.1) is 5.10 Å². The Hall–Kier alpha value is -3.39. The summed E-state index contributed by atoms with van der Waals surface area (Å²) in [4.78, 5) is 16.6. The van der Waals surface area contributed by atoms with Crippen molar-refractivity contribution in [2.45, 2.75) is 6.61 Å². The Morgan fingerprint density at radius 1 is 1.21 bits per heavy atom. The Morgan fingerprint density at radius 2 is 1.97 bits per heavy atom. The molecule has 3 rings (SSSR count). The van der Waals surface area contributed by atoms with Gasteiger partial charge in [0.25, 0.3) is 12.8 Å². The lowest BCUT2D eigenvalue weighted by Crippen LogP contribution is -2.29. The summed E-state index contributed by atoms with van der Waals surface area (Å²) in [6.45, 7) is -1.01. The zero-order valence-corrected chi connectivity index (χ0v) is 16.3. The Bertz CT molecular complexity index is 1000. The van der Waals surface area contributed by atoms with Crippen molar-refractivity contribution < 1.29 is 18.8 Å². The molecular formula is C20H18ClFN4O3. The number of likely N-dealkylation sites (N-methyl/N-ethyl adjacent to an activating group) is 1. The van der Waals surface area contributed by atoms with Crippen LogP contribution in [0.25, 0.3) is 5.69 Å². The van der Waals surface area contributed by atoms with E-state index in [1.54, 1.807) is 53.3 Å². The second-order valence-electron chi connectivity index (χ2n) is 5.78. The van der Waals surface area contributed by atoms with Gasteiger partial charge in [-0.3, -0.25) is 4.79 Å². The minimum absolute atomic E-state index is 0.0453. The third kappa shape index (κ3) is 5.11. The fraction of sp³-hybridized carbons (Fsp3) is 0.150. The SMILES string of the molecule is CNC(=O)/C(=N/OCF)c1ccccc1COc1ccn(-c2ccc(Cl)cc2)n1. The van der Waals surface area contributed by atoms with Crippen molar-refractivity contribution in [1.29, 1.82) is 0 Å². The molecule has 0 unspecified atom stereocenters. The number of amides is 1. The molecule has 7 nitrogen and oxygen atoms in total. The summed E-state index contributed by atoms with van der Waals surface area (Å²) >= 11 is 5.90. The first-order chi connectivity index (χ1) is 14.1. The maximum absolute atomic E-state index is 12.4. The number of aromatic nitrogens is 2. The number of ether oxygens (including phenoxy) is 1. The third-order valence-corrected chi connectivity index (χ3v) is 4.20. The van der Waals surface area contributed by atoms with Crippen LogP contribution in [0.15, 0.2) is 65.9 Å². The summed E-state index contributed by atoms with van der Waals surface area (Å²) in [6.07, 6.45) is 1.76. The summed E-state index contributed by atoms with van der Waals surface area (Å²) in [7, 11) is 1.45. The molecule has 1 amide bonds. The highest BCUT2D eigenvalue weighted by Gasteiger charge is 2.18. The van der Waals surface area contributed by atoms with Gasteiger partial charge in [0.2, 0.25) is 5.88 Å². The van der Waals surface area contributed by atoms with E-state index in [9.17, 15) is 9.18 Å². The highest BCUT2D eigenvalue weighted by atomic mass is 35.5. The summed E-state index contributed by atoms with van der Waals surface area (Å²) in [5.41, 5.74) is 1.92. The van der Waals surface area contributed by atoms with Gasteiger partial charge in [0.05, 0.1) is 5.69 Å². The van der Waals surface area contributed by atoms with E-state index >= 15 is 0 Å². The zero-order chi connectivity index (χ0) is 20.6. The maximum atomic E-state index is 12.4. The molecule has 0 aliphatic carbocycles. The van der Waals surface area contributed by atoms with Crippen LogP contribution in [0.5, 0.6) is 5.88 Å². The van der Waals surface area contributed by atoms with Crippen LogP contribution >= 0.6 is 11.6 Å². The molecule has 29 heavy (non-hydrogen) atoms. The number of hydrogen-bond acceptors (Lipinski definition) is 5. The highest BCUT2D eigenvalue weighted by Crippen LogP contribution is 2.18. The van der Waals surface area contributed by atoms with Gasteiger partial charge < -0.3 is 14.9 Å². The minimum atomic E-state index is -1.14. The fourth-order valence-electron chi connectivity index (χ4n) is 2.57. The van der Waals surface area contributed by atoms with E-state index in [4.69, 9.17) is 16.3 Å². The average molecular weight is 417 g/mol.